The lowest BCUT2D eigenvalue weighted by atomic mass is 10.3. The number of imidazole rings is 1. The molecule has 0 fully saturated rings. The Kier molecular flexibility index (Phi) is 2.92. The van der Waals surface area contributed by atoms with E-state index in [1.807, 2.05) is 16.8 Å². The molecule has 0 spiro atoms. The molecule has 2 aromatic heterocycles. The monoisotopic (exact) mass is 233 g/mol. The number of aromatic amines is 1. The molecule has 0 atom stereocenters. The van der Waals surface area contributed by atoms with Gasteiger partial charge in [-0.1, -0.05) is 11.6 Å². The van der Waals surface area contributed by atoms with E-state index in [4.69, 9.17) is 12.2 Å². The zero-order valence-corrected chi connectivity index (χ0v) is 10.6. The minimum absolute atomic E-state index is 0.731. The van der Waals surface area contributed by atoms with Crippen LogP contribution in [0.1, 0.15) is 19.4 Å². The van der Waals surface area contributed by atoms with E-state index in [0.717, 1.165) is 22.5 Å². The normalized spacial score (nSPS) is 10.7. The Balaban J connectivity index is 2.61. The molecule has 0 aromatic carbocycles. The van der Waals surface area contributed by atoms with Crippen LogP contribution in [0, 0.1) is 11.7 Å². The van der Waals surface area contributed by atoms with Gasteiger partial charge in [0.2, 0.25) is 0 Å². The first kappa shape index (κ1) is 11.1. The Bertz CT molecular complexity index is 600. The molecule has 0 amide bonds. The number of H-pyrrole nitrogens is 1. The fourth-order valence-corrected chi connectivity index (χ4v) is 1.88. The molecular weight excluding hydrogens is 218 g/mol. The summed E-state index contributed by atoms with van der Waals surface area (Å²) in [5.41, 5.74) is 4.42. The Labute approximate surface area is 99.8 Å². The maximum absolute atomic E-state index is 5.30. The van der Waals surface area contributed by atoms with Gasteiger partial charge in [-0.3, -0.25) is 4.57 Å². The second kappa shape index (κ2) is 4.22. The summed E-state index contributed by atoms with van der Waals surface area (Å²) in [5.74, 6) is 0. The SMILES string of the molecule is CC(C)=CCn1c(=S)[nH]c2c(C)ccnc21. The molecule has 0 aliphatic heterocycles. The van der Waals surface area contributed by atoms with E-state index < -0.39 is 0 Å². The Morgan fingerprint density at radius 1 is 1.56 bits per heavy atom. The summed E-state index contributed by atoms with van der Waals surface area (Å²) in [6, 6.07) is 1.98. The van der Waals surface area contributed by atoms with Gasteiger partial charge in [0, 0.05) is 12.7 Å². The topological polar surface area (TPSA) is 33.6 Å². The second-order valence-corrected chi connectivity index (χ2v) is 4.54. The van der Waals surface area contributed by atoms with Crippen molar-refractivity contribution < 1.29 is 0 Å². The summed E-state index contributed by atoms with van der Waals surface area (Å²) in [6.07, 6.45) is 3.96. The van der Waals surface area contributed by atoms with Gasteiger partial charge in [0.05, 0.1) is 5.52 Å². The number of pyridine rings is 1. The summed E-state index contributed by atoms with van der Waals surface area (Å²) in [5, 5.41) is 0. The third kappa shape index (κ3) is 1.93. The molecule has 0 radical (unpaired) electrons. The van der Waals surface area contributed by atoms with Gasteiger partial charge >= 0.3 is 0 Å². The quantitative estimate of drug-likeness (QED) is 0.637. The van der Waals surface area contributed by atoms with Crippen LogP contribution in [0.2, 0.25) is 0 Å². The van der Waals surface area contributed by atoms with Crippen molar-refractivity contribution in [2.24, 2.45) is 0 Å². The fraction of sp³-hybridized carbons (Fsp3) is 0.333. The number of hydrogen-bond donors (Lipinski definition) is 1. The van der Waals surface area contributed by atoms with Gasteiger partial charge in [-0.25, -0.2) is 4.98 Å². The van der Waals surface area contributed by atoms with Crippen molar-refractivity contribution in [3.8, 4) is 0 Å². The molecule has 16 heavy (non-hydrogen) atoms. The zero-order chi connectivity index (χ0) is 11.7. The lowest BCUT2D eigenvalue weighted by Gasteiger charge is -2.00. The minimum atomic E-state index is 0.731. The van der Waals surface area contributed by atoms with E-state index in [2.05, 4.69) is 36.8 Å². The highest BCUT2D eigenvalue weighted by Crippen LogP contribution is 2.15. The number of allylic oxidation sites excluding steroid dienone is 2. The van der Waals surface area contributed by atoms with Crippen molar-refractivity contribution in [1.29, 1.82) is 0 Å². The van der Waals surface area contributed by atoms with Gasteiger partial charge in [0.15, 0.2) is 10.4 Å². The van der Waals surface area contributed by atoms with Gasteiger partial charge in [-0.15, -0.1) is 0 Å². The average molecular weight is 233 g/mol. The number of aryl methyl sites for hydroxylation is 1. The largest absolute Gasteiger partial charge is 0.329 e. The first-order chi connectivity index (χ1) is 7.59. The van der Waals surface area contributed by atoms with Crippen molar-refractivity contribution in [3.63, 3.8) is 0 Å². The van der Waals surface area contributed by atoms with Crippen LogP contribution in [-0.2, 0) is 6.54 Å². The van der Waals surface area contributed by atoms with Crippen LogP contribution >= 0.6 is 12.2 Å². The number of fused-ring (bicyclic) bond motifs is 1. The molecule has 0 saturated carbocycles. The van der Waals surface area contributed by atoms with E-state index in [1.54, 1.807) is 0 Å². The standard InChI is InChI=1S/C12H15N3S/c1-8(2)5-7-15-11-10(14-12(15)16)9(3)4-6-13-11/h4-6H,7H2,1-3H3,(H,14,16). The molecule has 0 saturated heterocycles. The third-order valence-corrected chi connectivity index (χ3v) is 2.88. The van der Waals surface area contributed by atoms with Crippen molar-refractivity contribution in [2.45, 2.75) is 27.3 Å². The van der Waals surface area contributed by atoms with E-state index in [1.165, 1.54) is 11.1 Å². The lowest BCUT2D eigenvalue weighted by Crippen LogP contribution is -1.97. The Morgan fingerprint density at radius 3 is 3.00 bits per heavy atom. The van der Waals surface area contributed by atoms with E-state index in [9.17, 15) is 0 Å². The van der Waals surface area contributed by atoms with Gasteiger partial charge in [-0.05, 0) is 44.6 Å². The highest BCUT2D eigenvalue weighted by molar-refractivity contribution is 7.71. The van der Waals surface area contributed by atoms with Crippen LogP contribution < -0.4 is 0 Å². The maximum atomic E-state index is 5.30. The highest BCUT2D eigenvalue weighted by Gasteiger charge is 2.05. The number of rotatable bonds is 2. The van der Waals surface area contributed by atoms with Crippen LogP contribution in [-0.4, -0.2) is 14.5 Å². The molecule has 1 N–H and O–H groups in total. The molecule has 0 aliphatic carbocycles. The molecule has 2 rings (SSSR count). The molecule has 0 aliphatic rings. The number of hydrogen-bond acceptors (Lipinski definition) is 2. The van der Waals surface area contributed by atoms with Crippen LogP contribution in [0.4, 0.5) is 0 Å². The summed E-state index contributed by atoms with van der Waals surface area (Å²) in [4.78, 5) is 7.58. The smallest absolute Gasteiger partial charge is 0.179 e. The maximum Gasteiger partial charge on any atom is 0.179 e. The van der Waals surface area contributed by atoms with E-state index in [-0.39, 0.29) is 0 Å². The van der Waals surface area contributed by atoms with Crippen LogP contribution in [0.5, 0.6) is 0 Å². The highest BCUT2D eigenvalue weighted by atomic mass is 32.1. The molecule has 84 valence electrons. The van der Waals surface area contributed by atoms with Crippen molar-refractivity contribution >= 4 is 23.4 Å². The summed E-state index contributed by atoms with van der Waals surface area (Å²) in [7, 11) is 0. The summed E-state index contributed by atoms with van der Waals surface area (Å²) in [6.45, 7) is 6.99. The zero-order valence-electron chi connectivity index (χ0n) is 9.74. The average Bonchev–Trinajstić information content (AvgIpc) is 2.53. The third-order valence-electron chi connectivity index (χ3n) is 2.55. The van der Waals surface area contributed by atoms with Crippen molar-refractivity contribution in [2.75, 3.05) is 0 Å². The van der Waals surface area contributed by atoms with Gasteiger partial charge in [0.25, 0.3) is 0 Å². The Hall–Kier alpha value is -1.42. The Morgan fingerprint density at radius 2 is 2.31 bits per heavy atom. The number of nitrogens with zero attached hydrogens (tertiary/aromatic N) is 2. The lowest BCUT2D eigenvalue weighted by molar-refractivity contribution is 0.817. The molecule has 2 heterocycles. The van der Waals surface area contributed by atoms with Crippen LogP contribution in [0.15, 0.2) is 23.9 Å². The van der Waals surface area contributed by atoms with Crippen LogP contribution in [0.3, 0.4) is 0 Å². The first-order valence-corrected chi connectivity index (χ1v) is 5.68. The first-order valence-electron chi connectivity index (χ1n) is 5.27. The van der Waals surface area contributed by atoms with Crippen molar-refractivity contribution in [1.82, 2.24) is 14.5 Å². The summed E-state index contributed by atoms with van der Waals surface area (Å²) >= 11 is 5.30. The molecule has 3 nitrogen and oxygen atoms in total. The molecule has 0 unspecified atom stereocenters. The summed E-state index contributed by atoms with van der Waals surface area (Å²) < 4.78 is 2.75. The van der Waals surface area contributed by atoms with E-state index >= 15 is 0 Å². The van der Waals surface area contributed by atoms with Gasteiger partial charge in [0.1, 0.15) is 0 Å². The fourth-order valence-electron chi connectivity index (χ4n) is 1.62. The predicted octanol–water partition coefficient (Wildman–Crippen LogP) is 3.37. The van der Waals surface area contributed by atoms with E-state index in [0.29, 0.717) is 0 Å². The van der Waals surface area contributed by atoms with Crippen LogP contribution in [0.25, 0.3) is 11.2 Å². The number of nitrogens with one attached hydrogen (secondary N) is 1. The molecule has 0 bridgehead atoms. The molecule has 4 heteroatoms. The predicted molar refractivity (Wildman–Crippen MR) is 69.1 cm³/mol. The van der Waals surface area contributed by atoms with Gasteiger partial charge in [-0.2, -0.15) is 0 Å². The van der Waals surface area contributed by atoms with Crippen molar-refractivity contribution in [3.05, 3.63) is 34.2 Å². The molecule has 2 aromatic rings. The molecular formula is C12H15N3S. The minimum Gasteiger partial charge on any atom is -0.329 e. The number of aromatic nitrogens is 3. The second-order valence-electron chi connectivity index (χ2n) is 4.15. The van der Waals surface area contributed by atoms with Gasteiger partial charge < -0.3 is 4.98 Å².